The topological polar surface area (TPSA) is 305 Å². The molecule has 0 atom stereocenters. The first kappa shape index (κ1) is 108. The van der Waals surface area contributed by atoms with Gasteiger partial charge in [0.1, 0.15) is 49.6 Å². The number of benzene rings is 1. The molecule has 0 saturated heterocycles. The SMILES string of the molecule is C[n+]1ccn(CCCCCCCCCCC(=O)O)c1.C[n+]1ccn(CCCCCCCCCCC(=O)O)c1.C[n+]1ccn(CCCCCCc2ccc(C(=O)O)c(C(=O)O)c2)c1.F[P-](F)(F)(F)(F)F.O=COCCCCCCCCCCn1cc[n+](CCCCCCCCCCC(=O)O)c1.O=S(=O)([O-])C(F)(F)F.[I-].[I-]. The molecule has 5 aromatic rings. The standard InChI is InChI=1S/C25H44N2O4.C18H22N2O4.2C15H26N2O2.CHF3O3S.F6P.2HI/c28-24-31-22-16-12-8-4-3-7-11-15-19-27-21-20-26(23-27)18-14-10-6-2-1-5-9-13-17-25(29)30;1-19-10-11-20(13-19)9-5-3-2-4-6-14-7-8-15(17(21)22)16(12-14)18(23)24;2*1-16-12-13-17(14-16)11-9-7-5-3-2-4-6-8-10-15(18)19;2-1(3,4)8(5,6)7;1-7(2,3,4,5)6;;/h20-21,23-24H,1-19,22H2;7-8,10-13H,2-6,9H2,1H3,(H-,21,22,23,24);2*12-14H,2-11H2,1H3;(H,5,6,7);;2*1H/q;;;;;-1;;/p+1. The maximum Gasteiger partial charge on any atom is 0.485 e. The molecule has 1 aromatic carbocycles. The molecule has 110 heavy (non-hydrogen) atoms. The first-order chi connectivity index (χ1) is 50.8. The molecule has 5 rings (SSSR count). The third-order valence-corrected chi connectivity index (χ3v) is 17.4. The Balaban J connectivity index is -0.00000131. The van der Waals surface area contributed by atoms with E-state index in [1.54, 1.807) is 6.07 Å². The van der Waals surface area contributed by atoms with Gasteiger partial charge in [0.15, 0.2) is 10.1 Å². The first-order valence-electron chi connectivity index (χ1n) is 37.7. The van der Waals surface area contributed by atoms with Crippen LogP contribution in [0, 0.1) is 0 Å². The van der Waals surface area contributed by atoms with Gasteiger partial charge in [0.2, 0.25) is 25.3 Å². The van der Waals surface area contributed by atoms with Gasteiger partial charge < -0.3 is 82.8 Å². The van der Waals surface area contributed by atoms with E-state index in [0.717, 1.165) is 122 Å². The molecule has 5 N–H and O–H groups in total. The zero-order valence-corrected chi connectivity index (χ0v) is 70.2. The number of imidazole rings is 4. The van der Waals surface area contributed by atoms with E-state index in [-0.39, 0.29) is 59.1 Å². The van der Waals surface area contributed by atoms with E-state index in [1.807, 2.05) is 31.9 Å². The molecule has 0 spiro atoms. The number of carboxylic acids is 5. The van der Waals surface area contributed by atoms with Crippen LogP contribution in [0.1, 0.15) is 277 Å². The summed E-state index contributed by atoms with van der Waals surface area (Å²) in [5.41, 5.74) is -5.08. The van der Waals surface area contributed by atoms with Gasteiger partial charge in [0.25, 0.3) is 6.47 Å². The normalized spacial score (nSPS) is 11.6. The summed E-state index contributed by atoms with van der Waals surface area (Å²) in [5, 5.41) is 43.8. The fourth-order valence-corrected chi connectivity index (χ4v) is 11.2. The van der Waals surface area contributed by atoms with Crippen molar-refractivity contribution in [3.05, 3.63) is 110 Å². The van der Waals surface area contributed by atoms with Crippen molar-refractivity contribution in [2.24, 2.45) is 21.1 Å². The average Bonchev–Trinajstić information content (AvgIpc) is 0.891. The maximum atomic E-state index is 11.2. The van der Waals surface area contributed by atoms with Crippen molar-refractivity contribution in [3.8, 4) is 0 Å². The van der Waals surface area contributed by atoms with Gasteiger partial charge in [0.05, 0.1) is 71.6 Å². The van der Waals surface area contributed by atoms with Crippen LogP contribution in [0.25, 0.3) is 0 Å². The van der Waals surface area contributed by atoms with Crippen LogP contribution < -0.4 is 66.2 Å². The van der Waals surface area contributed by atoms with Crippen molar-refractivity contribution >= 4 is 54.2 Å². The van der Waals surface area contributed by atoms with E-state index in [2.05, 4.69) is 101 Å². The molecule has 4 aromatic heterocycles. The number of nitrogens with zero attached hydrogens (tertiary/aromatic N) is 8. The van der Waals surface area contributed by atoms with Crippen LogP contribution >= 0.6 is 7.81 Å². The van der Waals surface area contributed by atoms with Crippen molar-refractivity contribution in [1.82, 2.24) is 18.3 Å². The van der Waals surface area contributed by atoms with Gasteiger partial charge in [-0.1, -0.05) is 141 Å². The van der Waals surface area contributed by atoms with Gasteiger partial charge in [-0.15, -0.1) is 0 Å². The molecule has 4 heterocycles. The molecular formula is C74H122F9I2N8O15PS. The molecule has 36 heteroatoms. The second kappa shape index (κ2) is 61.5. The van der Waals surface area contributed by atoms with E-state index < -0.39 is 53.3 Å². The second-order valence-corrected chi connectivity index (χ2v) is 30.4. The largest absolute Gasteiger partial charge is 1.00 e. The molecule has 0 amide bonds. The number of hydrogen-bond donors (Lipinski definition) is 5. The molecule has 0 aliphatic heterocycles. The maximum absolute atomic E-state index is 11.2. The summed E-state index contributed by atoms with van der Waals surface area (Å²) < 4.78 is 140. The summed E-state index contributed by atoms with van der Waals surface area (Å²) >= 11 is 0. The van der Waals surface area contributed by atoms with Gasteiger partial charge in [-0.05, 0) is 120 Å². The Kier molecular flexibility index (Phi) is 60.5. The minimum atomic E-state index is -10.7. The smallest absolute Gasteiger partial charge is 0.485 e. The van der Waals surface area contributed by atoms with Crippen LogP contribution in [0.4, 0.5) is 38.4 Å². The van der Waals surface area contributed by atoms with Crippen LogP contribution in [0.5, 0.6) is 0 Å². The molecule has 0 bridgehead atoms. The molecule has 23 nitrogen and oxygen atoms in total. The van der Waals surface area contributed by atoms with E-state index in [4.69, 9.17) is 43.2 Å². The Labute approximate surface area is 677 Å². The van der Waals surface area contributed by atoms with Crippen molar-refractivity contribution < 1.29 is 177 Å². The third-order valence-electron chi connectivity index (χ3n) is 16.8. The Morgan fingerprint density at radius 3 is 0.991 bits per heavy atom. The Morgan fingerprint density at radius 1 is 0.436 bits per heavy atom. The Morgan fingerprint density at radius 2 is 0.709 bits per heavy atom. The van der Waals surface area contributed by atoms with Crippen molar-refractivity contribution in [2.45, 2.75) is 295 Å². The number of hydrogen-bond acceptors (Lipinski definition) is 10. The monoisotopic (exact) mass is 1850 g/mol. The molecule has 0 radical (unpaired) electrons. The van der Waals surface area contributed by atoms with Crippen molar-refractivity contribution in [2.75, 3.05) is 6.61 Å². The average molecular weight is 1850 g/mol. The van der Waals surface area contributed by atoms with E-state index >= 15 is 0 Å². The second-order valence-electron chi connectivity index (χ2n) is 27.1. The van der Waals surface area contributed by atoms with Crippen LogP contribution in [-0.2, 0) is 94.3 Å². The zero-order chi connectivity index (χ0) is 81.2. The number of unbranched alkanes of at least 4 members (excludes halogenated alkanes) is 31. The number of aromatic carboxylic acids is 2. The van der Waals surface area contributed by atoms with Gasteiger partial charge in [-0.3, -0.25) is 19.2 Å². The molecule has 636 valence electrons. The van der Waals surface area contributed by atoms with Crippen molar-refractivity contribution in [3.63, 3.8) is 0 Å². The number of aryl methyl sites for hydroxylation is 9. The number of halogens is 11. The van der Waals surface area contributed by atoms with Gasteiger partial charge in [-0.25, -0.2) is 54.5 Å². The minimum absolute atomic E-state index is 0. The summed E-state index contributed by atoms with van der Waals surface area (Å²) in [6, 6.07) is 4.56. The van der Waals surface area contributed by atoms with Crippen LogP contribution in [-0.4, -0.2) is 105 Å². The van der Waals surface area contributed by atoms with Gasteiger partial charge in [-0.2, -0.15) is 13.2 Å². The fourth-order valence-electron chi connectivity index (χ4n) is 11.2. The number of ether oxygens (including phenoxy) is 1. The van der Waals surface area contributed by atoms with Crippen LogP contribution in [0.3, 0.4) is 0 Å². The number of aromatic nitrogens is 8. The molecule has 0 aliphatic carbocycles. The quantitative estimate of drug-likeness (QED) is 0.00353. The zero-order valence-electron chi connectivity index (χ0n) is 64.2. The fraction of sp³-hybridized carbons (Fsp3) is 0.676. The van der Waals surface area contributed by atoms with E-state index in [9.17, 15) is 67.1 Å². The van der Waals surface area contributed by atoms with Crippen LogP contribution in [0.15, 0.2) is 93.1 Å². The van der Waals surface area contributed by atoms with Gasteiger partial charge in [0, 0.05) is 19.3 Å². The summed E-state index contributed by atoms with van der Waals surface area (Å²) in [4.78, 5) is 63.3. The summed E-state index contributed by atoms with van der Waals surface area (Å²) in [7, 11) is -10.7. The predicted octanol–water partition coefficient (Wildman–Crippen LogP) is 11.4. The third kappa shape index (κ3) is 71.1. The Bertz CT molecular complexity index is 3290. The van der Waals surface area contributed by atoms with Gasteiger partial charge >= 0.3 is 68.3 Å². The summed E-state index contributed by atoms with van der Waals surface area (Å²) in [6.45, 7) is 6.53. The number of carboxylic acid groups (broad SMARTS) is 5. The molecular weight excluding hydrogens is 1730 g/mol. The molecule has 0 fully saturated rings. The number of aliphatic carboxylic acids is 3. The number of alkyl halides is 3. The summed E-state index contributed by atoms with van der Waals surface area (Å²) in [5.74, 6) is -4.42. The van der Waals surface area contributed by atoms with E-state index in [0.29, 0.717) is 32.3 Å². The predicted molar refractivity (Wildman–Crippen MR) is 390 cm³/mol. The minimum Gasteiger partial charge on any atom is -1.00 e. The number of carbonyl (C=O) groups excluding carboxylic acids is 1. The van der Waals surface area contributed by atoms with Crippen molar-refractivity contribution in [1.29, 1.82) is 0 Å². The molecule has 0 saturated carbocycles. The molecule has 0 unspecified atom stereocenters. The van der Waals surface area contributed by atoms with E-state index in [1.165, 1.54) is 166 Å². The Hall–Kier alpha value is -5.95. The number of carbonyl (C=O) groups is 6. The molecule has 0 aliphatic rings. The number of rotatable bonds is 54. The first-order valence-corrected chi connectivity index (χ1v) is 41.2. The van der Waals surface area contributed by atoms with Crippen LogP contribution in [0.2, 0.25) is 0 Å². The summed E-state index contributed by atoms with van der Waals surface area (Å²) in [6.07, 6.45) is 69.4.